The van der Waals surface area contributed by atoms with Crippen LogP contribution in [0.5, 0.6) is 0 Å². The number of aromatic nitrogens is 3. The third kappa shape index (κ3) is 1.32. The molecule has 0 amide bonds. The van der Waals surface area contributed by atoms with Gasteiger partial charge in [0.1, 0.15) is 11.3 Å². The standard InChI is InChI=1S/C12H14BN4/c1-8-12-16-10(6-5-7-11(16)14-8)9(2)17(12)13-15(3)4/h5-7H,2H2,1,3-4H3. The van der Waals surface area contributed by atoms with Gasteiger partial charge in [-0.15, -0.1) is 0 Å². The van der Waals surface area contributed by atoms with Gasteiger partial charge >= 0.3 is 7.55 Å². The second-order valence-corrected chi connectivity index (χ2v) is 4.52. The number of hydrogen-bond acceptors (Lipinski definition) is 2. The Morgan fingerprint density at radius 2 is 2.12 bits per heavy atom. The summed E-state index contributed by atoms with van der Waals surface area (Å²) < 4.78 is 4.24. The maximum Gasteiger partial charge on any atom is 0.357 e. The summed E-state index contributed by atoms with van der Waals surface area (Å²) >= 11 is 0. The lowest BCUT2D eigenvalue weighted by Crippen LogP contribution is -2.31. The molecule has 3 aromatic heterocycles. The molecule has 4 nitrogen and oxygen atoms in total. The van der Waals surface area contributed by atoms with Crippen molar-refractivity contribution in [2.45, 2.75) is 6.92 Å². The zero-order valence-electron chi connectivity index (χ0n) is 10.3. The number of pyridine rings is 1. The first-order valence-corrected chi connectivity index (χ1v) is 5.57. The molecule has 0 aliphatic rings. The third-order valence-electron chi connectivity index (χ3n) is 2.95. The van der Waals surface area contributed by atoms with E-state index in [0.29, 0.717) is 0 Å². The van der Waals surface area contributed by atoms with Crippen LogP contribution in [0.1, 0.15) is 5.69 Å². The van der Waals surface area contributed by atoms with Crippen LogP contribution in [0.25, 0.3) is 23.4 Å². The Balaban J connectivity index is 2.49. The molecule has 0 fully saturated rings. The first-order valence-electron chi connectivity index (χ1n) is 5.57. The third-order valence-corrected chi connectivity index (χ3v) is 2.95. The van der Waals surface area contributed by atoms with Crippen molar-refractivity contribution in [3.63, 3.8) is 0 Å². The smallest absolute Gasteiger partial charge is 0.357 e. The van der Waals surface area contributed by atoms with Crippen molar-refractivity contribution in [2.24, 2.45) is 0 Å². The molecule has 0 bridgehead atoms. The largest absolute Gasteiger partial charge is 0.357 e. The van der Waals surface area contributed by atoms with Crippen molar-refractivity contribution in [1.82, 2.24) is 18.7 Å². The van der Waals surface area contributed by atoms with Gasteiger partial charge in [-0.3, -0.25) is 4.40 Å². The normalized spacial score (nSPS) is 12.0. The average molecular weight is 225 g/mol. The second kappa shape index (κ2) is 3.37. The van der Waals surface area contributed by atoms with Gasteiger partial charge in [0, 0.05) is 5.35 Å². The molecule has 0 saturated heterocycles. The Morgan fingerprint density at radius 1 is 1.35 bits per heavy atom. The van der Waals surface area contributed by atoms with Crippen molar-refractivity contribution in [3.05, 3.63) is 29.2 Å². The van der Waals surface area contributed by atoms with Crippen LogP contribution in [0, 0.1) is 6.92 Å². The Kier molecular flexibility index (Phi) is 2.06. The first-order chi connectivity index (χ1) is 8.09. The van der Waals surface area contributed by atoms with Crippen molar-refractivity contribution in [2.75, 3.05) is 14.1 Å². The molecule has 0 unspecified atom stereocenters. The maximum absolute atomic E-state index is 4.56. The van der Waals surface area contributed by atoms with Crippen molar-refractivity contribution >= 4 is 30.9 Å². The zero-order chi connectivity index (χ0) is 12.2. The summed E-state index contributed by atoms with van der Waals surface area (Å²) in [4.78, 5) is 6.57. The van der Waals surface area contributed by atoms with Gasteiger partial charge in [0.25, 0.3) is 0 Å². The van der Waals surface area contributed by atoms with E-state index in [1.165, 1.54) is 0 Å². The highest BCUT2D eigenvalue weighted by atomic mass is 15.2. The summed E-state index contributed by atoms with van der Waals surface area (Å²) in [6.07, 6.45) is 0. The fourth-order valence-corrected chi connectivity index (χ4v) is 2.31. The predicted octanol–water partition coefficient (Wildman–Crippen LogP) is 0.671. The highest BCUT2D eigenvalue weighted by molar-refractivity contribution is 6.31. The topological polar surface area (TPSA) is 25.5 Å². The lowest BCUT2D eigenvalue weighted by Gasteiger charge is -2.08. The van der Waals surface area contributed by atoms with Gasteiger partial charge in [-0.2, -0.15) is 0 Å². The van der Waals surface area contributed by atoms with E-state index < -0.39 is 0 Å². The Hall–Kier alpha value is -1.75. The van der Waals surface area contributed by atoms with Crippen LogP contribution in [0.2, 0.25) is 0 Å². The highest BCUT2D eigenvalue weighted by Crippen LogP contribution is 2.16. The van der Waals surface area contributed by atoms with Gasteiger partial charge in [-0.25, -0.2) is 4.98 Å². The van der Waals surface area contributed by atoms with E-state index in [1.807, 2.05) is 45.5 Å². The molecule has 0 saturated carbocycles. The van der Waals surface area contributed by atoms with Gasteiger partial charge in [-0.05, 0) is 33.2 Å². The van der Waals surface area contributed by atoms with Crippen LogP contribution in [0.15, 0.2) is 18.2 Å². The molecular formula is C12H14BN4. The van der Waals surface area contributed by atoms with Crippen LogP contribution in [-0.2, 0) is 0 Å². The number of hydrogen-bond donors (Lipinski definition) is 0. The Labute approximate surface area is 100 Å². The van der Waals surface area contributed by atoms with Crippen LogP contribution < -0.4 is 5.35 Å². The molecule has 1 radical (unpaired) electrons. The summed E-state index contributed by atoms with van der Waals surface area (Å²) in [6, 6.07) is 6.11. The summed E-state index contributed by atoms with van der Waals surface area (Å²) in [5.74, 6) is 0. The maximum atomic E-state index is 4.56. The monoisotopic (exact) mass is 225 g/mol. The summed E-state index contributed by atoms with van der Waals surface area (Å²) in [5, 5.41) is 0.991. The molecule has 0 atom stereocenters. The first kappa shape index (κ1) is 10.4. The highest BCUT2D eigenvalue weighted by Gasteiger charge is 2.15. The molecule has 3 rings (SSSR count). The van der Waals surface area contributed by atoms with Gasteiger partial charge in [0.05, 0.1) is 11.2 Å². The van der Waals surface area contributed by atoms with E-state index in [2.05, 4.69) is 26.5 Å². The number of aryl methyl sites for hydroxylation is 1. The van der Waals surface area contributed by atoms with Gasteiger partial charge < -0.3 is 9.29 Å². The minimum absolute atomic E-state index is 0.978. The molecule has 0 N–H and O–H groups in total. The van der Waals surface area contributed by atoms with E-state index >= 15 is 0 Å². The van der Waals surface area contributed by atoms with E-state index in [0.717, 1.165) is 27.9 Å². The molecule has 17 heavy (non-hydrogen) atoms. The fourth-order valence-electron chi connectivity index (χ4n) is 2.31. The summed E-state index contributed by atoms with van der Waals surface area (Å²) in [6.45, 7) is 6.19. The van der Waals surface area contributed by atoms with E-state index in [4.69, 9.17) is 0 Å². The quantitative estimate of drug-likeness (QED) is 0.599. The Morgan fingerprint density at radius 3 is 2.82 bits per heavy atom. The van der Waals surface area contributed by atoms with Crippen molar-refractivity contribution < 1.29 is 0 Å². The van der Waals surface area contributed by atoms with Crippen LogP contribution in [0.4, 0.5) is 0 Å². The number of rotatable bonds is 2. The lowest BCUT2D eigenvalue weighted by molar-refractivity contribution is 0.648. The average Bonchev–Trinajstić information content (AvgIpc) is 2.73. The van der Waals surface area contributed by atoms with Crippen LogP contribution in [-0.4, -0.2) is 40.3 Å². The lowest BCUT2D eigenvalue weighted by atomic mass is 10.1. The SMILES string of the molecule is C=c1c2cccc3nc(C)c(n1[B]N(C)C)n32. The van der Waals surface area contributed by atoms with E-state index in [-0.39, 0.29) is 0 Å². The van der Waals surface area contributed by atoms with Gasteiger partial charge in [0.15, 0.2) is 0 Å². The van der Waals surface area contributed by atoms with E-state index in [9.17, 15) is 0 Å². The molecule has 0 spiro atoms. The Bertz CT molecular complexity index is 738. The molecule has 3 heterocycles. The van der Waals surface area contributed by atoms with Gasteiger partial charge in [-0.1, -0.05) is 12.6 Å². The zero-order valence-corrected chi connectivity index (χ0v) is 10.3. The molecule has 0 aromatic carbocycles. The fraction of sp³-hybridized carbons (Fsp3) is 0.250. The number of imidazole rings is 2. The van der Waals surface area contributed by atoms with E-state index in [1.54, 1.807) is 0 Å². The van der Waals surface area contributed by atoms with Gasteiger partial charge in [0.2, 0.25) is 0 Å². The summed E-state index contributed by atoms with van der Waals surface area (Å²) in [5.41, 5.74) is 4.20. The van der Waals surface area contributed by atoms with Crippen molar-refractivity contribution in [3.8, 4) is 0 Å². The predicted molar refractivity (Wildman–Crippen MR) is 71.0 cm³/mol. The number of nitrogens with zero attached hydrogens (tertiary/aromatic N) is 4. The van der Waals surface area contributed by atoms with Crippen molar-refractivity contribution in [1.29, 1.82) is 0 Å². The van der Waals surface area contributed by atoms with Crippen LogP contribution >= 0.6 is 0 Å². The minimum atomic E-state index is 0.978. The molecule has 5 heteroatoms. The molecular weight excluding hydrogens is 211 g/mol. The second-order valence-electron chi connectivity index (χ2n) is 4.52. The summed E-state index contributed by atoms with van der Waals surface area (Å²) in [7, 11) is 6.03. The molecule has 0 aliphatic carbocycles. The molecule has 85 valence electrons. The minimum Gasteiger partial charge on any atom is -0.357 e. The van der Waals surface area contributed by atoms with Crippen LogP contribution in [0.3, 0.4) is 0 Å². The molecule has 0 aliphatic heterocycles. The molecule has 3 aromatic rings.